The van der Waals surface area contributed by atoms with Crippen molar-refractivity contribution in [1.29, 1.82) is 0 Å². The van der Waals surface area contributed by atoms with Crippen LogP contribution in [0.25, 0.3) is 11.3 Å². The number of rotatable bonds is 22. The molecule has 0 aliphatic heterocycles. The van der Waals surface area contributed by atoms with Crippen molar-refractivity contribution in [1.82, 2.24) is 4.98 Å². The SMILES string of the molecule is C=C(C)C(=O)OCCCCCCCCCCCOc1ccc(C(=O)Oc2ccc(-c3ccc(CCCCCC)cn3)cc2)cc1. The number of hydrogen-bond acceptors (Lipinski definition) is 6. The molecule has 1 aromatic heterocycles. The first kappa shape index (κ1) is 35.5. The van der Waals surface area contributed by atoms with E-state index in [0.29, 0.717) is 30.1 Å². The van der Waals surface area contributed by atoms with E-state index in [1.165, 1.54) is 63.4 Å². The Bertz CT molecular complexity index is 1280. The zero-order valence-electron chi connectivity index (χ0n) is 27.4. The van der Waals surface area contributed by atoms with Crippen LogP contribution in [0.15, 0.2) is 79.0 Å². The predicted molar refractivity (Wildman–Crippen MR) is 182 cm³/mol. The molecule has 0 aliphatic rings. The molecule has 0 aliphatic carbocycles. The zero-order valence-corrected chi connectivity index (χ0v) is 27.4. The van der Waals surface area contributed by atoms with Crippen molar-refractivity contribution in [3.63, 3.8) is 0 Å². The number of nitrogens with zero attached hydrogens (tertiary/aromatic N) is 1. The van der Waals surface area contributed by atoms with E-state index in [-0.39, 0.29) is 5.97 Å². The molecule has 3 rings (SSSR count). The standard InChI is InChI=1S/C39H51NO5/c1-4-5-6-14-17-32-18-27-37(40-30-32)33-19-25-36(26-20-33)45-39(42)34-21-23-35(24-22-34)43-28-15-12-10-8-7-9-11-13-16-29-44-38(41)31(2)3/h18-27,30H,2,4-17,28-29H2,1,3H3. The number of benzene rings is 2. The third-order valence-corrected chi connectivity index (χ3v) is 7.73. The third kappa shape index (κ3) is 14.1. The summed E-state index contributed by atoms with van der Waals surface area (Å²) >= 11 is 0. The van der Waals surface area contributed by atoms with Crippen LogP contribution in [-0.4, -0.2) is 30.1 Å². The summed E-state index contributed by atoms with van der Waals surface area (Å²) in [5, 5.41) is 0. The van der Waals surface area contributed by atoms with E-state index in [4.69, 9.17) is 14.2 Å². The summed E-state index contributed by atoms with van der Waals surface area (Å²) in [6.07, 6.45) is 18.2. The summed E-state index contributed by atoms with van der Waals surface area (Å²) in [4.78, 5) is 28.6. The van der Waals surface area contributed by atoms with E-state index in [9.17, 15) is 9.59 Å². The van der Waals surface area contributed by atoms with Gasteiger partial charge in [0.15, 0.2) is 0 Å². The fraction of sp³-hybridized carbons (Fsp3) is 0.462. The lowest BCUT2D eigenvalue weighted by Gasteiger charge is -2.08. The van der Waals surface area contributed by atoms with Crippen LogP contribution in [-0.2, 0) is 16.0 Å². The van der Waals surface area contributed by atoms with Crippen molar-refractivity contribution < 1.29 is 23.8 Å². The fourth-order valence-electron chi connectivity index (χ4n) is 4.97. The van der Waals surface area contributed by atoms with E-state index in [2.05, 4.69) is 30.6 Å². The summed E-state index contributed by atoms with van der Waals surface area (Å²) in [5.74, 6) is 0.561. The Hall–Kier alpha value is -3.93. The Balaban J connectivity index is 1.25. The fourth-order valence-corrected chi connectivity index (χ4v) is 4.97. The Labute approximate surface area is 270 Å². The van der Waals surface area contributed by atoms with Gasteiger partial charge in [0.25, 0.3) is 0 Å². The molecule has 242 valence electrons. The molecule has 0 saturated heterocycles. The highest BCUT2D eigenvalue weighted by Crippen LogP contribution is 2.23. The average molecular weight is 614 g/mol. The lowest BCUT2D eigenvalue weighted by molar-refractivity contribution is -0.139. The molecule has 0 unspecified atom stereocenters. The smallest absolute Gasteiger partial charge is 0.343 e. The van der Waals surface area contributed by atoms with Crippen LogP contribution in [0.4, 0.5) is 0 Å². The predicted octanol–water partition coefficient (Wildman–Crippen LogP) is 10.1. The largest absolute Gasteiger partial charge is 0.494 e. The number of carbonyl (C=O) groups excluding carboxylic acids is 2. The molecule has 0 atom stereocenters. The molecular weight excluding hydrogens is 562 g/mol. The second kappa shape index (κ2) is 20.9. The Morgan fingerprint density at radius 3 is 1.89 bits per heavy atom. The highest BCUT2D eigenvalue weighted by Gasteiger charge is 2.10. The van der Waals surface area contributed by atoms with Gasteiger partial charge < -0.3 is 14.2 Å². The number of aromatic nitrogens is 1. The van der Waals surface area contributed by atoms with Crippen LogP contribution < -0.4 is 9.47 Å². The van der Waals surface area contributed by atoms with E-state index in [0.717, 1.165) is 49.1 Å². The van der Waals surface area contributed by atoms with Crippen LogP contribution in [0, 0.1) is 0 Å². The first-order valence-corrected chi connectivity index (χ1v) is 16.8. The minimum atomic E-state index is -0.397. The van der Waals surface area contributed by atoms with Gasteiger partial charge in [0.2, 0.25) is 0 Å². The van der Waals surface area contributed by atoms with E-state index >= 15 is 0 Å². The molecule has 45 heavy (non-hydrogen) atoms. The molecule has 2 aromatic carbocycles. The summed E-state index contributed by atoms with van der Waals surface area (Å²) < 4.78 is 16.6. The second-order valence-corrected chi connectivity index (χ2v) is 11.7. The molecule has 0 spiro atoms. The van der Waals surface area contributed by atoms with Crippen LogP contribution in [0.1, 0.15) is 113 Å². The van der Waals surface area contributed by atoms with E-state index in [1.54, 1.807) is 31.2 Å². The van der Waals surface area contributed by atoms with Gasteiger partial charge in [-0.2, -0.15) is 0 Å². The van der Waals surface area contributed by atoms with E-state index in [1.807, 2.05) is 30.5 Å². The van der Waals surface area contributed by atoms with Crippen molar-refractivity contribution in [2.24, 2.45) is 0 Å². The van der Waals surface area contributed by atoms with Gasteiger partial charge in [-0.3, -0.25) is 4.98 Å². The highest BCUT2D eigenvalue weighted by atomic mass is 16.5. The van der Waals surface area contributed by atoms with Gasteiger partial charge in [-0.1, -0.05) is 83.8 Å². The summed E-state index contributed by atoms with van der Waals surface area (Å²) in [7, 11) is 0. The first-order valence-electron chi connectivity index (χ1n) is 16.8. The van der Waals surface area contributed by atoms with Gasteiger partial charge in [0, 0.05) is 17.3 Å². The molecule has 6 heteroatoms. The van der Waals surface area contributed by atoms with Crippen molar-refractivity contribution >= 4 is 11.9 Å². The lowest BCUT2D eigenvalue weighted by Crippen LogP contribution is -2.08. The quantitative estimate of drug-likeness (QED) is 0.0486. The Morgan fingerprint density at radius 2 is 1.29 bits per heavy atom. The van der Waals surface area contributed by atoms with E-state index < -0.39 is 5.97 Å². The Kier molecular flexibility index (Phi) is 16.5. The van der Waals surface area contributed by atoms with Gasteiger partial charge in [-0.05, 0) is 92.8 Å². The second-order valence-electron chi connectivity index (χ2n) is 11.7. The topological polar surface area (TPSA) is 74.7 Å². The maximum absolute atomic E-state index is 12.7. The van der Waals surface area contributed by atoms with Gasteiger partial charge in [0.1, 0.15) is 11.5 Å². The molecule has 3 aromatic rings. The van der Waals surface area contributed by atoms with Crippen LogP contribution in [0.5, 0.6) is 11.5 Å². The summed E-state index contributed by atoms with van der Waals surface area (Å²) in [5.41, 5.74) is 4.10. The number of esters is 2. The number of ether oxygens (including phenoxy) is 3. The maximum Gasteiger partial charge on any atom is 0.343 e. The molecule has 0 saturated carbocycles. The van der Waals surface area contributed by atoms with Crippen LogP contribution in [0.3, 0.4) is 0 Å². The third-order valence-electron chi connectivity index (χ3n) is 7.73. The maximum atomic E-state index is 12.7. The molecule has 0 fully saturated rings. The number of hydrogen-bond donors (Lipinski definition) is 0. The minimum Gasteiger partial charge on any atom is -0.494 e. The number of aryl methyl sites for hydroxylation is 1. The Morgan fingerprint density at radius 1 is 0.689 bits per heavy atom. The van der Waals surface area contributed by atoms with Crippen molar-refractivity contribution in [3.8, 4) is 22.8 Å². The molecule has 0 bridgehead atoms. The molecule has 0 amide bonds. The zero-order chi connectivity index (χ0) is 32.1. The molecule has 0 N–H and O–H groups in total. The monoisotopic (exact) mass is 613 g/mol. The molecule has 6 nitrogen and oxygen atoms in total. The van der Waals surface area contributed by atoms with Gasteiger partial charge in [0.05, 0.1) is 24.5 Å². The molecular formula is C39H51NO5. The normalized spacial score (nSPS) is 10.8. The lowest BCUT2D eigenvalue weighted by atomic mass is 10.1. The number of pyridine rings is 1. The summed E-state index contributed by atoms with van der Waals surface area (Å²) in [6, 6.07) is 18.8. The first-order chi connectivity index (χ1) is 22.0. The van der Waals surface area contributed by atoms with Gasteiger partial charge in [-0.15, -0.1) is 0 Å². The average Bonchev–Trinajstić information content (AvgIpc) is 3.06. The van der Waals surface area contributed by atoms with Crippen molar-refractivity contribution in [2.75, 3.05) is 13.2 Å². The van der Waals surface area contributed by atoms with Crippen LogP contribution in [0.2, 0.25) is 0 Å². The van der Waals surface area contributed by atoms with Crippen molar-refractivity contribution in [3.05, 3.63) is 90.1 Å². The number of carbonyl (C=O) groups is 2. The minimum absolute atomic E-state index is 0.294. The summed E-state index contributed by atoms with van der Waals surface area (Å²) in [6.45, 7) is 8.63. The molecule has 1 heterocycles. The molecule has 0 radical (unpaired) electrons. The highest BCUT2D eigenvalue weighted by molar-refractivity contribution is 5.91. The van der Waals surface area contributed by atoms with Crippen molar-refractivity contribution in [2.45, 2.75) is 104 Å². The van der Waals surface area contributed by atoms with Gasteiger partial charge in [-0.25, -0.2) is 9.59 Å². The van der Waals surface area contributed by atoms with Gasteiger partial charge >= 0.3 is 11.9 Å². The van der Waals surface area contributed by atoms with Crippen LogP contribution >= 0.6 is 0 Å². The number of unbranched alkanes of at least 4 members (excludes halogenated alkanes) is 11.